The number of carbonyl (C=O) groups is 1. The average molecular weight is 288 g/mol. The Balaban J connectivity index is 2.57. The lowest BCUT2D eigenvalue weighted by Gasteiger charge is -2.13. The standard InChI is InChI=1S/C13H18F2N2O3/c1-9(3-2-6-18)17-13(19)10-4-5-16-12(7-10)20-8-11(14)15/h4-5,7,9,11,18H,2-3,6,8H2,1H3,(H,17,19). The van der Waals surface area contributed by atoms with Gasteiger partial charge in [-0.3, -0.25) is 4.79 Å². The summed E-state index contributed by atoms with van der Waals surface area (Å²) in [5, 5.41) is 11.4. The first-order chi connectivity index (χ1) is 9.52. The summed E-state index contributed by atoms with van der Waals surface area (Å²) in [5.74, 6) is -0.347. The van der Waals surface area contributed by atoms with Crippen molar-refractivity contribution in [3.05, 3.63) is 23.9 Å². The molecule has 1 amide bonds. The van der Waals surface area contributed by atoms with Gasteiger partial charge in [0.05, 0.1) is 0 Å². The highest BCUT2D eigenvalue weighted by Gasteiger charge is 2.11. The van der Waals surface area contributed by atoms with Gasteiger partial charge >= 0.3 is 0 Å². The molecule has 1 aromatic rings. The van der Waals surface area contributed by atoms with E-state index >= 15 is 0 Å². The lowest BCUT2D eigenvalue weighted by Crippen LogP contribution is -2.32. The van der Waals surface area contributed by atoms with Crippen LogP contribution in [0, 0.1) is 0 Å². The van der Waals surface area contributed by atoms with Gasteiger partial charge in [-0.25, -0.2) is 13.8 Å². The molecule has 2 N–H and O–H groups in total. The van der Waals surface area contributed by atoms with Crippen molar-refractivity contribution in [2.45, 2.75) is 32.2 Å². The first-order valence-corrected chi connectivity index (χ1v) is 6.31. The van der Waals surface area contributed by atoms with Gasteiger partial charge in [0.2, 0.25) is 5.88 Å². The fourth-order valence-corrected chi connectivity index (χ4v) is 1.55. The second-order valence-corrected chi connectivity index (χ2v) is 4.33. The molecule has 0 fully saturated rings. The van der Waals surface area contributed by atoms with Gasteiger partial charge in [-0.1, -0.05) is 0 Å². The summed E-state index contributed by atoms with van der Waals surface area (Å²) in [6, 6.07) is 2.70. The van der Waals surface area contributed by atoms with Crippen molar-refractivity contribution in [2.24, 2.45) is 0 Å². The summed E-state index contributed by atoms with van der Waals surface area (Å²) < 4.78 is 28.8. The van der Waals surface area contributed by atoms with Crippen LogP contribution < -0.4 is 10.1 Å². The van der Waals surface area contributed by atoms with Gasteiger partial charge in [0.1, 0.15) is 0 Å². The summed E-state index contributed by atoms with van der Waals surface area (Å²) in [5.41, 5.74) is 0.292. The fraction of sp³-hybridized carbons (Fsp3) is 0.538. The molecule has 112 valence electrons. The van der Waals surface area contributed by atoms with Gasteiger partial charge in [0.15, 0.2) is 6.61 Å². The van der Waals surface area contributed by atoms with Crippen LogP contribution >= 0.6 is 0 Å². The Morgan fingerprint density at radius 3 is 2.95 bits per heavy atom. The quantitative estimate of drug-likeness (QED) is 0.762. The number of pyridine rings is 1. The van der Waals surface area contributed by atoms with Crippen molar-refractivity contribution in [2.75, 3.05) is 13.2 Å². The number of hydrogen-bond donors (Lipinski definition) is 2. The highest BCUT2D eigenvalue weighted by molar-refractivity contribution is 5.94. The van der Waals surface area contributed by atoms with Crippen LogP contribution in [0.2, 0.25) is 0 Å². The van der Waals surface area contributed by atoms with Gasteiger partial charge < -0.3 is 15.2 Å². The fourth-order valence-electron chi connectivity index (χ4n) is 1.55. The predicted octanol–water partition coefficient (Wildman–Crippen LogP) is 1.62. The van der Waals surface area contributed by atoms with E-state index in [9.17, 15) is 13.6 Å². The number of aromatic nitrogens is 1. The number of aliphatic hydroxyl groups is 1. The van der Waals surface area contributed by atoms with E-state index < -0.39 is 13.0 Å². The molecule has 0 aliphatic carbocycles. The molecule has 0 spiro atoms. The lowest BCUT2D eigenvalue weighted by atomic mass is 10.1. The Bertz CT molecular complexity index is 430. The molecule has 0 aliphatic heterocycles. The minimum absolute atomic E-state index is 0.0130. The summed E-state index contributed by atoms with van der Waals surface area (Å²) in [6.07, 6.45) is -0.00994. The number of halogens is 2. The van der Waals surface area contributed by atoms with E-state index in [1.165, 1.54) is 18.3 Å². The number of ether oxygens (including phenoxy) is 1. The molecule has 1 rings (SSSR count). The molecule has 0 saturated heterocycles. The number of carbonyl (C=O) groups excluding carboxylic acids is 1. The van der Waals surface area contributed by atoms with E-state index in [-0.39, 0.29) is 24.4 Å². The number of alkyl halides is 2. The molecule has 0 aromatic carbocycles. The van der Waals surface area contributed by atoms with E-state index in [2.05, 4.69) is 10.3 Å². The molecule has 7 heteroatoms. The van der Waals surface area contributed by atoms with Crippen molar-refractivity contribution in [1.82, 2.24) is 10.3 Å². The normalized spacial score (nSPS) is 12.2. The third kappa shape index (κ3) is 5.92. The molecule has 0 saturated carbocycles. The van der Waals surface area contributed by atoms with Gasteiger partial charge in [0, 0.05) is 30.5 Å². The Hall–Kier alpha value is -1.76. The van der Waals surface area contributed by atoms with Crippen LogP contribution in [0.25, 0.3) is 0 Å². The Kier molecular flexibility index (Phi) is 6.86. The zero-order chi connectivity index (χ0) is 15.0. The Labute approximate surface area is 116 Å². The highest BCUT2D eigenvalue weighted by atomic mass is 19.3. The number of rotatable bonds is 8. The number of amides is 1. The van der Waals surface area contributed by atoms with Crippen molar-refractivity contribution < 1.29 is 23.4 Å². The second kappa shape index (κ2) is 8.42. The van der Waals surface area contributed by atoms with Crippen molar-refractivity contribution >= 4 is 5.91 Å². The number of nitrogens with zero attached hydrogens (tertiary/aromatic N) is 1. The highest BCUT2D eigenvalue weighted by Crippen LogP contribution is 2.11. The van der Waals surface area contributed by atoms with Crippen LogP contribution in [0.1, 0.15) is 30.1 Å². The zero-order valence-corrected chi connectivity index (χ0v) is 11.2. The van der Waals surface area contributed by atoms with Crippen molar-refractivity contribution in [1.29, 1.82) is 0 Å². The van der Waals surface area contributed by atoms with Gasteiger partial charge in [-0.2, -0.15) is 0 Å². The van der Waals surface area contributed by atoms with Crippen molar-refractivity contribution in [3.8, 4) is 5.88 Å². The molecule has 1 atom stereocenters. The van der Waals surface area contributed by atoms with E-state index in [1.54, 1.807) is 0 Å². The van der Waals surface area contributed by atoms with Crippen LogP contribution in [-0.2, 0) is 0 Å². The molecule has 5 nitrogen and oxygen atoms in total. The summed E-state index contributed by atoms with van der Waals surface area (Å²) in [4.78, 5) is 15.7. The molecule has 0 radical (unpaired) electrons. The van der Waals surface area contributed by atoms with Crippen LogP contribution in [0.3, 0.4) is 0 Å². The number of hydrogen-bond acceptors (Lipinski definition) is 4. The van der Waals surface area contributed by atoms with E-state index in [0.29, 0.717) is 18.4 Å². The third-order valence-corrected chi connectivity index (χ3v) is 2.53. The summed E-state index contributed by atoms with van der Waals surface area (Å²) in [6.45, 7) is 1.13. The maximum Gasteiger partial charge on any atom is 0.272 e. The zero-order valence-electron chi connectivity index (χ0n) is 11.2. The topological polar surface area (TPSA) is 71.5 Å². The molecule has 20 heavy (non-hydrogen) atoms. The van der Waals surface area contributed by atoms with Crippen LogP contribution in [0.15, 0.2) is 18.3 Å². The monoisotopic (exact) mass is 288 g/mol. The SMILES string of the molecule is CC(CCCO)NC(=O)c1ccnc(OCC(F)F)c1. The Morgan fingerprint density at radius 2 is 2.30 bits per heavy atom. The van der Waals surface area contributed by atoms with Crippen LogP contribution in [0.5, 0.6) is 5.88 Å². The van der Waals surface area contributed by atoms with E-state index in [4.69, 9.17) is 9.84 Å². The molecular formula is C13H18F2N2O3. The maximum atomic E-state index is 12.0. The molecule has 1 aromatic heterocycles. The first kappa shape index (κ1) is 16.3. The average Bonchev–Trinajstić information content (AvgIpc) is 2.43. The maximum absolute atomic E-state index is 12.0. The van der Waals surface area contributed by atoms with Crippen LogP contribution in [0.4, 0.5) is 8.78 Å². The smallest absolute Gasteiger partial charge is 0.272 e. The van der Waals surface area contributed by atoms with Gasteiger partial charge in [0.25, 0.3) is 12.3 Å². The van der Waals surface area contributed by atoms with Crippen molar-refractivity contribution in [3.63, 3.8) is 0 Å². The first-order valence-electron chi connectivity index (χ1n) is 6.31. The largest absolute Gasteiger partial charge is 0.472 e. The van der Waals surface area contributed by atoms with Crippen LogP contribution in [-0.4, -0.2) is 41.7 Å². The lowest BCUT2D eigenvalue weighted by molar-refractivity contribution is 0.0794. The summed E-state index contributed by atoms with van der Waals surface area (Å²) in [7, 11) is 0. The van der Waals surface area contributed by atoms with E-state index in [0.717, 1.165) is 0 Å². The number of aliphatic hydroxyl groups excluding tert-OH is 1. The number of nitrogens with one attached hydrogen (secondary N) is 1. The minimum atomic E-state index is -2.59. The molecule has 0 bridgehead atoms. The third-order valence-electron chi connectivity index (χ3n) is 2.53. The molecular weight excluding hydrogens is 270 g/mol. The van der Waals surface area contributed by atoms with Gasteiger partial charge in [-0.15, -0.1) is 0 Å². The minimum Gasteiger partial charge on any atom is -0.472 e. The Morgan fingerprint density at radius 1 is 1.55 bits per heavy atom. The summed E-state index contributed by atoms with van der Waals surface area (Å²) >= 11 is 0. The second-order valence-electron chi connectivity index (χ2n) is 4.33. The molecule has 1 heterocycles. The predicted molar refractivity (Wildman–Crippen MR) is 69.0 cm³/mol. The molecule has 1 unspecified atom stereocenters. The molecule has 0 aliphatic rings. The van der Waals surface area contributed by atoms with E-state index in [1.807, 2.05) is 6.92 Å². The van der Waals surface area contributed by atoms with Gasteiger partial charge in [-0.05, 0) is 25.8 Å².